The average Bonchev–Trinajstić information content (AvgIpc) is 2.70. The van der Waals surface area contributed by atoms with E-state index in [-0.39, 0.29) is 19.4 Å². The van der Waals surface area contributed by atoms with Crippen LogP contribution in [0.25, 0.3) is 11.1 Å². The second-order valence-electron chi connectivity index (χ2n) is 6.65. The lowest BCUT2D eigenvalue weighted by Crippen LogP contribution is -2.46. The molecule has 2 rings (SSSR count). The number of aliphatic carboxylic acids is 1. The molecule has 2 aromatic rings. The summed E-state index contributed by atoms with van der Waals surface area (Å²) in [6.45, 7) is -0.0724. The molecule has 0 spiro atoms. The van der Waals surface area contributed by atoms with E-state index in [2.05, 4.69) is 10.6 Å². The maximum Gasteiger partial charge on any atom is 0.339 e. The molecule has 0 heterocycles. The Morgan fingerprint density at radius 2 is 1.80 bits per heavy atom. The summed E-state index contributed by atoms with van der Waals surface area (Å²) in [5.74, 6) is -0.846. The van der Waals surface area contributed by atoms with Crippen LogP contribution in [0.15, 0.2) is 48.5 Å². The Morgan fingerprint density at radius 1 is 1.10 bits per heavy atom. The molecule has 0 aromatic heterocycles. The van der Waals surface area contributed by atoms with Gasteiger partial charge in [-0.2, -0.15) is 0 Å². The predicted molar refractivity (Wildman–Crippen MR) is 111 cm³/mol. The smallest absolute Gasteiger partial charge is 0.339 e. The van der Waals surface area contributed by atoms with Crippen LogP contribution in [-0.2, 0) is 20.6 Å². The summed E-state index contributed by atoms with van der Waals surface area (Å²) in [4.78, 5) is 41.2. The molecule has 0 saturated carbocycles. The van der Waals surface area contributed by atoms with E-state index in [0.29, 0.717) is 0 Å². The van der Waals surface area contributed by atoms with Gasteiger partial charge in [0.1, 0.15) is 5.75 Å². The highest BCUT2D eigenvalue weighted by Gasteiger charge is 2.22. The fraction of sp³-hybridized carbons (Fsp3) is 0.300. The van der Waals surface area contributed by atoms with Crippen LogP contribution in [0, 0.1) is 0 Å². The van der Waals surface area contributed by atoms with E-state index < -0.39 is 31.8 Å². The predicted octanol–water partition coefficient (Wildman–Crippen LogP) is 1.59. The van der Waals surface area contributed by atoms with Gasteiger partial charge in [0.25, 0.3) is 0 Å². The Labute approximate surface area is 174 Å². The van der Waals surface area contributed by atoms with Crippen molar-refractivity contribution >= 4 is 19.5 Å². The zero-order valence-electron chi connectivity index (χ0n) is 16.4. The van der Waals surface area contributed by atoms with Crippen LogP contribution < -0.4 is 15.4 Å². The molecule has 0 aliphatic rings. The van der Waals surface area contributed by atoms with Crippen LogP contribution in [0.3, 0.4) is 0 Å². The minimum Gasteiger partial charge on any atom is -0.497 e. The first-order chi connectivity index (χ1) is 14.2. The maximum absolute atomic E-state index is 12.4. The van der Waals surface area contributed by atoms with Crippen molar-refractivity contribution in [3.63, 3.8) is 0 Å². The fourth-order valence-electron chi connectivity index (χ4n) is 2.77. The fourth-order valence-corrected chi connectivity index (χ4v) is 3.23. The molecule has 10 heteroatoms. The summed E-state index contributed by atoms with van der Waals surface area (Å²) in [5, 5.41) is 13.7. The monoisotopic (exact) mass is 436 g/mol. The Morgan fingerprint density at radius 3 is 2.40 bits per heavy atom. The van der Waals surface area contributed by atoms with Crippen molar-refractivity contribution in [1.82, 2.24) is 10.6 Å². The quantitative estimate of drug-likeness (QED) is 0.334. The number of amides is 1. The van der Waals surface area contributed by atoms with E-state index in [4.69, 9.17) is 19.6 Å². The number of carbonyl (C=O) groups excluding carboxylic acids is 1. The number of hydrogen-bond acceptors (Lipinski definition) is 5. The summed E-state index contributed by atoms with van der Waals surface area (Å²) >= 11 is 0. The number of hydrogen-bond donors (Lipinski definition) is 5. The molecule has 1 atom stereocenters. The van der Waals surface area contributed by atoms with Gasteiger partial charge in [-0.15, -0.1) is 0 Å². The van der Waals surface area contributed by atoms with E-state index in [1.54, 1.807) is 7.11 Å². The Bertz CT molecular complexity index is 912. The summed E-state index contributed by atoms with van der Waals surface area (Å²) < 4.78 is 16.4. The molecule has 162 valence electrons. The third-order valence-corrected chi connectivity index (χ3v) is 4.89. The van der Waals surface area contributed by atoms with Gasteiger partial charge >= 0.3 is 13.6 Å². The lowest BCUT2D eigenvalue weighted by atomic mass is 10.00. The molecule has 1 unspecified atom stereocenters. The topological polar surface area (TPSA) is 145 Å². The van der Waals surface area contributed by atoms with Gasteiger partial charge in [-0.05, 0) is 35.2 Å². The number of benzene rings is 2. The van der Waals surface area contributed by atoms with Gasteiger partial charge in [0.05, 0.1) is 25.9 Å². The maximum atomic E-state index is 12.4. The molecular weight excluding hydrogens is 411 g/mol. The first-order valence-electron chi connectivity index (χ1n) is 9.19. The Balaban J connectivity index is 2.10. The van der Waals surface area contributed by atoms with Crippen molar-refractivity contribution in [2.24, 2.45) is 0 Å². The summed E-state index contributed by atoms with van der Waals surface area (Å²) in [5.41, 5.74) is 2.69. The van der Waals surface area contributed by atoms with Crippen LogP contribution in [0.1, 0.15) is 12.0 Å². The van der Waals surface area contributed by atoms with E-state index >= 15 is 0 Å². The molecule has 0 fully saturated rings. The molecule has 0 radical (unpaired) electrons. The zero-order chi connectivity index (χ0) is 22.1. The second kappa shape index (κ2) is 10.9. The number of ether oxygens (including phenoxy) is 1. The molecule has 0 bridgehead atoms. The molecule has 2 aromatic carbocycles. The van der Waals surface area contributed by atoms with Crippen LogP contribution >= 0.6 is 7.60 Å². The number of rotatable bonds is 11. The molecule has 5 N–H and O–H groups in total. The van der Waals surface area contributed by atoms with Gasteiger partial charge in [0.2, 0.25) is 5.91 Å². The minimum atomic E-state index is -4.36. The number of carbonyl (C=O) groups is 2. The number of carboxylic acids is 1. The van der Waals surface area contributed by atoms with Crippen LogP contribution in [0.2, 0.25) is 0 Å². The van der Waals surface area contributed by atoms with Crippen molar-refractivity contribution in [1.29, 1.82) is 0 Å². The van der Waals surface area contributed by atoms with Crippen molar-refractivity contribution in [2.45, 2.75) is 18.9 Å². The van der Waals surface area contributed by atoms with Gasteiger partial charge < -0.3 is 24.9 Å². The van der Waals surface area contributed by atoms with Crippen molar-refractivity contribution in [2.75, 3.05) is 19.9 Å². The van der Waals surface area contributed by atoms with Crippen LogP contribution in [0.4, 0.5) is 0 Å². The highest BCUT2D eigenvalue weighted by atomic mass is 31.2. The normalized spacial score (nSPS) is 12.2. The van der Waals surface area contributed by atoms with Crippen LogP contribution in [0.5, 0.6) is 5.75 Å². The largest absolute Gasteiger partial charge is 0.497 e. The van der Waals surface area contributed by atoms with Crippen molar-refractivity contribution in [3.05, 3.63) is 54.1 Å². The molecule has 30 heavy (non-hydrogen) atoms. The summed E-state index contributed by atoms with van der Waals surface area (Å²) in [6.07, 6.45) is -0.727. The Hall–Kier alpha value is -2.71. The number of carboxylic acid groups (broad SMARTS) is 1. The first kappa shape index (κ1) is 23.6. The molecule has 1 amide bonds. The summed E-state index contributed by atoms with van der Waals surface area (Å²) in [6, 6.07) is 14.1. The van der Waals surface area contributed by atoms with Gasteiger partial charge in [-0.1, -0.05) is 36.4 Å². The SMILES string of the molecule is COc1cccc(-c2ccc(CC(NCP(=O)(O)O)C(=O)NCCC(=O)O)cc2)c1. The minimum absolute atomic E-state index is 0.0724. The summed E-state index contributed by atoms with van der Waals surface area (Å²) in [7, 11) is -2.77. The lowest BCUT2D eigenvalue weighted by molar-refractivity contribution is -0.137. The van der Waals surface area contributed by atoms with Crippen molar-refractivity contribution < 1.29 is 33.8 Å². The van der Waals surface area contributed by atoms with Crippen molar-refractivity contribution in [3.8, 4) is 16.9 Å². The third kappa shape index (κ3) is 7.96. The molecule has 0 aliphatic heterocycles. The standard InChI is InChI=1S/C20H25N2O7P/c1-29-17-4-2-3-16(12-17)15-7-5-14(6-8-15)11-18(22-13-30(26,27)28)20(25)21-10-9-19(23)24/h2-8,12,18,22H,9-11,13H2,1H3,(H,21,25)(H,23,24)(H2,26,27,28). The van der Waals surface area contributed by atoms with Crippen LogP contribution in [-0.4, -0.2) is 52.8 Å². The van der Waals surface area contributed by atoms with E-state index in [9.17, 15) is 14.2 Å². The van der Waals surface area contributed by atoms with E-state index in [1.165, 1.54) is 0 Å². The third-order valence-electron chi connectivity index (χ3n) is 4.30. The highest BCUT2D eigenvalue weighted by Crippen LogP contribution is 2.32. The highest BCUT2D eigenvalue weighted by molar-refractivity contribution is 7.51. The molecule has 0 aliphatic carbocycles. The lowest BCUT2D eigenvalue weighted by Gasteiger charge is -2.19. The van der Waals surface area contributed by atoms with E-state index in [1.807, 2.05) is 48.5 Å². The number of methoxy groups -OCH3 is 1. The average molecular weight is 436 g/mol. The van der Waals surface area contributed by atoms with Gasteiger partial charge in [0, 0.05) is 6.54 Å². The van der Waals surface area contributed by atoms with Gasteiger partial charge in [-0.25, -0.2) is 0 Å². The molecular formula is C20H25N2O7P. The Kier molecular flexibility index (Phi) is 8.56. The molecule has 0 saturated heterocycles. The zero-order valence-corrected chi connectivity index (χ0v) is 17.3. The second-order valence-corrected chi connectivity index (χ2v) is 8.29. The van der Waals surface area contributed by atoms with Gasteiger partial charge in [0.15, 0.2) is 0 Å². The molecule has 9 nitrogen and oxygen atoms in total. The first-order valence-corrected chi connectivity index (χ1v) is 11.0. The number of nitrogens with one attached hydrogen (secondary N) is 2. The van der Waals surface area contributed by atoms with E-state index in [0.717, 1.165) is 22.4 Å². The van der Waals surface area contributed by atoms with Gasteiger partial charge in [-0.3, -0.25) is 19.5 Å².